The van der Waals surface area contributed by atoms with Gasteiger partial charge in [0.15, 0.2) is 23.2 Å². The van der Waals surface area contributed by atoms with E-state index in [4.69, 9.17) is 4.18 Å². The topological polar surface area (TPSA) is 60.4 Å². The zero-order chi connectivity index (χ0) is 16.8. The van der Waals surface area contributed by atoms with Crippen molar-refractivity contribution >= 4 is 15.9 Å². The van der Waals surface area contributed by atoms with Gasteiger partial charge in [0, 0.05) is 17.5 Å². The summed E-state index contributed by atoms with van der Waals surface area (Å²) in [5, 5.41) is 0. The maximum atomic E-state index is 13.7. The van der Waals surface area contributed by atoms with E-state index in [0.717, 1.165) is 0 Å². The molecule has 3 rings (SSSR count). The molecule has 1 aliphatic rings. The number of hydrogen-bond acceptors (Lipinski definition) is 4. The Morgan fingerprint density at radius 2 is 1.70 bits per heavy atom. The fourth-order valence-electron chi connectivity index (χ4n) is 2.40. The summed E-state index contributed by atoms with van der Waals surface area (Å²) in [5.41, 5.74) is 0.729. The first-order valence-corrected chi connectivity index (χ1v) is 7.95. The Morgan fingerprint density at radius 3 is 2.43 bits per heavy atom. The van der Waals surface area contributed by atoms with Crippen LogP contribution in [0.3, 0.4) is 0 Å². The normalized spacial score (nSPS) is 14.0. The van der Waals surface area contributed by atoms with Gasteiger partial charge in [-0.2, -0.15) is 8.42 Å². The van der Waals surface area contributed by atoms with Crippen LogP contribution in [0.5, 0.6) is 5.75 Å². The molecule has 23 heavy (non-hydrogen) atoms. The molecular formula is C15H9F3O4S. The van der Waals surface area contributed by atoms with Gasteiger partial charge in [-0.15, -0.1) is 0 Å². The zero-order valence-corrected chi connectivity index (χ0v) is 12.3. The largest absolute Gasteiger partial charge is 0.379 e. The molecule has 0 saturated heterocycles. The number of fused-ring (bicyclic) bond motifs is 1. The van der Waals surface area contributed by atoms with Gasteiger partial charge in [0.2, 0.25) is 0 Å². The Bertz CT molecular complexity index is 923. The van der Waals surface area contributed by atoms with E-state index in [9.17, 15) is 26.4 Å². The van der Waals surface area contributed by atoms with Crippen molar-refractivity contribution in [2.45, 2.75) is 17.7 Å². The van der Waals surface area contributed by atoms with E-state index < -0.39 is 32.5 Å². The predicted octanol–water partition coefficient (Wildman–Crippen LogP) is 3.00. The maximum Gasteiger partial charge on any atom is 0.342 e. The first kappa shape index (κ1) is 15.5. The lowest BCUT2D eigenvalue weighted by Gasteiger charge is -2.11. The summed E-state index contributed by atoms with van der Waals surface area (Å²) >= 11 is 0. The number of carbonyl (C=O) groups excluding carboxylic acids is 1. The monoisotopic (exact) mass is 342 g/mol. The molecule has 0 saturated carbocycles. The number of hydrogen-bond donors (Lipinski definition) is 0. The summed E-state index contributed by atoms with van der Waals surface area (Å²) in [6.07, 6.45) is 0.509. The lowest BCUT2D eigenvalue weighted by Crippen LogP contribution is -2.14. The minimum atomic E-state index is -4.72. The van der Waals surface area contributed by atoms with E-state index in [1.54, 1.807) is 0 Å². The Hall–Kier alpha value is -2.35. The Labute approximate surface area is 129 Å². The summed E-state index contributed by atoms with van der Waals surface area (Å²) < 4.78 is 68.9. The van der Waals surface area contributed by atoms with Crippen LogP contribution in [0.15, 0.2) is 35.2 Å². The van der Waals surface area contributed by atoms with Crippen LogP contribution in [0.4, 0.5) is 13.2 Å². The summed E-state index contributed by atoms with van der Waals surface area (Å²) in [6, 6.07) is 5.34. The van der Waals surface area contributed by atoms with Crippen LogP contribution in [0.1, 0.15) is 22.3 Å². The van der Waals surface area contributed by atoms with Crippen LogP contribution >= 0.6 is 0 Å². The molecule has 0 heterocycles. The van der Waals surface area contributed by atoms with Crippen molar-refractivity contribution in [3.05, 3.63) is 58.9 Å². The molecule has 0 unspecified atom stereocenters. The quantitative estimate of drug-likeness (QED) is 0.635. The molecule has 1 aliphatic carbocycles. The average molecular weight is 342 g/mol. The third kappa shape index (κ3) is 2.59. The zero-order valence-electron chi connectivity index (χ0n) is 11.5. The fraction of sp³-hybridized carbons (Fsp3) is 0.133. The first-order chi connectivity index (χ1) is 10.8. The van der Waals surface area contributed by atoms with Gasteiger partial charge in [0.05, 0.1) is 0 Å². The van der Waals surface area contributed by atoms with Gasteiger partial charge in [-0.3, -0.25) is 4.79 Å². The molecule has 0 spiro atoms. The molecule has 4 nitrogen and oxygen atoms in total. The van der Waals surface area contributed by atoms with Gasteiger partial charge in [0.25, 0.3) is 0 Å². The lowest BCUT2D eigenvalue weighted by molar-refractivity contribution is 0.0994. The number of benzene rings is 2. The first-order valence-electron chi connectivity index (χ1n) is 6.54. The van der Waals surface area contributed by atoms with Crippen molar-refractivity contribution < 1.29 is 30.6 Å². The Balaban J connectivity index is 2.04. The van der Waals surface area contributed by atoms with Crippen molar-refractivity contribution in [3.8, 4) is 5.75 Å². The molecule has 120 valence electrons. The molecule has 0 fully saturated rings. The highest BCUT2D eigenvalue weighted by atomic mass is 32.2. The van der Waals surface area contributed by atoms with Gasteiger partial charge < -0.3 is 4.18 Å². The summed E-state index contributed by atoms with van der Waals surface area (Å²) in [4.78, 5) is 10.5. The minimum Gasteiger partial charge on any atom is -0.379 e. The van der Waals surface area contributed by atoms with E-state index in [1.165, 1.54) is 18.2 Å². The van der Waals surface area contributed by atoms with E-state index in [0.29, 0.717) is 29.7 Å². The van der Waals surface area contributed by atoms with Crippen LogP contribution in [0.2, 0.25) is 0 Å². The van der Waals surface area contributed by atoms with E-state index >= 15 is 0 Å². The van der Waals surface area contributed by atoms with E-state index in [1.807, 2.05) is 0 Å². The highest BCUT2D eigenvalue weighted by Gasteiger charge is 2.29. The maximum absolute atomic E-state index is 13.7. The van der Waals surface area contributed by atoms with Crippen LogP contribution in [-0.4, -0.2) is 14.2 Å². The van der Waals surface area contributed by atoms with Gasteiger partial charge >= 0.3 is 10.1 Å². The van der Waals surface area contributed by atoms with Crippen LogP contribution in [0, 0.1) is 17.5 Å². The minimum absolute atomic E-state index is 0.127. The highest BCUT2D eigenvalue weighted by Crippen LogP contribution is 2.33. The molecule has 0 radical (unpaired) electrons. The molecule has 0 atom stereocenters. The number of ketones is 1. The van der Waals surface area contributed by atoms with E-state index in [2.05, 4.69) is 0 Å². The predicted molar refractivity (Wildman–Crippen MR) is 73.2 cm³/mol. The Morgan fingerprint density at radius 1 is 0.957 bits per heavy atom. The Kier molecular flexibility index (Phi) is 3.63. The SMILES string of the molecule is O=C1CCc2c(OS(=O)(=O)c3ccc(F)c(F)c3F)cccc21. The summed E-state index contributed by atoms with van der Waals surface area (Å²) in [5.74, 6) is -5.54. The molecule has 0 aliphatic heterocycles. The molecule has 0 aromatic heterocycles. The van der Waals surface area contributed by atoms with Gasteiger partial charge in [0.1, 0.15) is 10.6 Å². The van der Waals surface area contributed by atoms with Crippen LogP contribution in [0.25, 0.3) is 0 Å². The molecular weight excluding hydrogens is 333 g/mol. The molecule has 0 amide bonds. The van der Waals surface area contributed by atoms with Gasteiger partial charge in [-0.05, 0) is 24.6 Å². The van der Waals surface area contributed by atoms with Crippen LogP contribution < -0.4 is 4.18 Å². The van der Waals surface area contributed by atoms with Crippen molar-refractivity contribution in [2.24, 2.45) is 0 Å². The average Bonchev–Trinajstić information content (AvgIpc) is 2.87. The highest BCUT2D eigenvalue weighted by molar-refractivity contribution is 7.87. The molecule has 2 aromatic rings. The van der Waals surface area contributed by atoms with Crippen molar-refractivity contribution in [3.63, 3.8) is 0 Å². The van der Waals surface area contributed by atoms with Crippen molar-refractivity contribution in [1.29, 1.82) is 0 Å². The third-order valence-corrected chi connectivity index (χ3v) is 4.76. The van der Waals surface area contributed by atoms with Crippen molar-refractivity contribution in [2.75, 3.05) is 0 Å². The van der Waals surface area contributed by atoms with E-state index in [-0.39, 0.29) is 18.0 Å². The lowest BCUT2D eigenvalue weighted by atomic mass is 10.1. The fourth-order valence-corrected chi connectivity index (χ4v) is 3.43. The second-order valence-electron chi connectivity index (χ2n) is 4.92. The second-order valence-corrected chi connectivity index (χ2v) is 6.43. The van der Waals surface area contributed by atoms with Crippen LogP contribution in [-0.2, 0) is 16.5 Å². The number of halogens is 3. The van der Waals surface area contributed by atoms with Gasteiger partial charge in [-0.1, -0.05) is 12.1 Å². The summed E-state index contributed by atoms with van der Waals surface area (Å²) in [7, 11) is -4.72. The van der Waals surface area contributed by atoms with Gasteiger partial charge in [-0.25, -0.2) is 13.2 Å². The number of Topliss-reactive ketones (excluding diaryl/α,β-unsaturated/α-hetero) is 1. The standard InChI is InChI=1S/C15H9F3O4S/c16-10-5-7-13(15(18)14(10)17)23(20,21)22-12-3-1-2-8-9(12)4-6-11(8)19/h1-3,5,7H,4,6H2. The van der Waals surface area contributed by atoms with Crippen molar-refractivity contribution in [1.82, 2.24) is 0 Å². The smallest absolute Gasteiger partial charge is 0.342 e. The number of rotatable bonds is 3. The number of carbonyl (C=O) groups is 1. The summed E-state index contributed by atoms with van der Waals surface area (Å²) in [6.45, 7) is 0. The molecule has 2 aromatic carbocycles. The second kappa shape index (κ2) is 5.38. The third-order valence-electron chi connectivity index (χ3n) is 3.50. The molecule has 8 heteroatoms. The molecule has 0 N–H and O–H groups in total. The molecule has 0 bridgehead atoms.